The maximum absolute atomic E-state index is 5.40. The molecule has 0 aliphatic rings. The molecule has 1 radical (unpaired) electrons. The van der Waals surface area contributed by atoms with E-state index in [1.807, 2.05) is 25.1 Å². The number of rotatable bonds is 3. The minimum absolute atomic E-state index is 0.727. The summed E-state index contributed by atoms with van der Waals surface area (Å²) in [6.45, 7) is 4.83. The zero-order valence-corrected chi connectivity index (χ0v) is 7.05. The molecule has 11 heavy (non-hydrogen) atoms. The fraction of sp³-hybridized carbons (Fsp3) is 0.400. The van der Waals surface area contributed by atoms with Crippen molar-refractivity contribution in [2.75, 3.05) is 6.61 Å². The van der Waals surface area contributed by atoms with Crippen molar-refractivity contribution in [2.45, 2.75) is 20.3 Å². The molecule has 0 aliphatic heterocycles. The van der Waals surface area contributed by atoms with Crippen LogP contribution in [0.4, 0.5) is 0 Å². The van der Waals surface area contributed by atoms with E-state index in [2.05, 4.69) is 13.0 Å². The lowest BCUT2D eigenvalue weighted by atomic mass is 10.1. The Balaban J connectivity index is 2.83. The van der Waals surface area contributed by atoms with Crippen LogP contribution in [-0.2, 0) is 6.42 Å². The molecule has 0 atom stereocenters. The first-order chi connectivity index (χ1) is 5.38. The number of benzene rings is 1. The molecule has 0 N–H and O–H groups in total. The summed E-state index contributed by atoms with van der Waals surface area (Å²) >= 11 is 0. The van der Waals surface area contributed by atoms with Crippen molar-refractivity contribution >= 4 is 0 Å². The molecule has 1 nitrogen and oxygen atoms in total. The van der Waals surface area contributed by atoms with Gasteiger partial charge in [0.15, 0.2) is 0 Å². The molecule has 0 heterocycles. The van der Waals surface area contributed by atoms with Gasteiger partial charge in [-0.1, -0.05) is 19.1 Å². The second-order valence-electron chi connectivity index (χ2n) is 2.30. The summed E-state index contributed by atoms with van der Waals surface area (Å²) in [4.78, 5) is 0. The molecule has 1 heteroatoms. The van der Waals surface area contributed by atoms with Crippen LogP contribution in [0.5, 0.6) is 5.75 Å². The van der Waals surface area contributed by atoms with Crippen molar-refractivity contribution in [3.63, 3.8) is 0 Å². The van der Waals surface area contributed by atoms with Gasteiger partial charge in [-0.2, -0.15) is 0 Å². The van der Waals surface area contributed by atoms with E-state index in [0.29, 0.717) is 0 Å². The van der Waals surface area contributed by atoms with Crippen molar-refractivity contribution in [2.24, 2.45) is 0 Å². The van der Waals surface area contributed by atoms with E-state index in [1.165, 1.54) is 0 Å². The Labute approximate surface area is 68.0 Å². The van der Waals surface area contributed by atoms with Gasteiger partial charge in [-0.3, -0.25) is 0 Å². The molecule has 0 spiro atoms. The molecule has 0 saturated heterocycles. The van der Waals surface area contributed by atoms with Crippen LogP contribution < -0.4 is 4.74 Å². The Morgan fingerprint density at radius 3 is 2.91 bits per heavy atom. The number of hydrogen-bond acceptors (Lipinski definition) is 1. The van der Waals surface area contributed by atoms with Gasteiger partial charge in [-0.15, -0.1) is 0 Å². The average Bonchev–Trinajstić information content (AvgIpc) is 2.06. The van der Waals surface area contributed by atoms with Gasteiger partial charge in [0.05, 0.1) is 6.61 Å². The highest BCUT2D eigenvalue weighted by atomic mass is 16.5. The van der Waals surface area contributed by atoms with Gasteiger partial charge < -0.3 is 4.74 Å². The molecule has 0 bridgehead atoms. The van der Waals surface area contributed by atoms with Crippen LogP contribution in [0.1, 0.15) is 19.4 Å². The lowest BCUT2D eigenvalue weighted by Crippen LogP contribution is -1.95. The Morgan fingerprint density at radius 2 is 2.27 bits per heavy atom. The largest absolute Gasteiger partial charge is 0.494 e. The minimum Gasteiger partial charge on any atom is -0.494 e. The summed E-state index contributed by atoms with van der Waals surface area (Å²) in [6.07, 6.45) is 0.982. The third-order valence-corrected chi connectivity index (χ3v) is 1.55. The van der Waals surface area contributed by atoms with Crippen molar-refractivity contribution in [3.05, 3.63) is 29.8 Å². The molecule has 0 amide bonds. The topological polar surface area (TPSA) is 9.23 Å². The standard InChI is InChI=1S/C10H13O/c1-3-9-7-5-6-8-10(9)11-4-2/h5-6,8H,3-4H2,1-2H3. The van der Waals surface area contributed by atoms with E-state index < -0.39 is 0 Å². The van der Waals surface area contributed by atoms with E-state index in [1.54, 1.807) is 0 Å². The first-order valence-corrected chi connectivity index (χ1v) is 4.00. The van der Waals surface area contributed by atoms with Gasteiger partial charge in [0.1, 0.15) is 5.75 Å². The SMILES string of the molecule is CCOc1ccc[c]c1CC. The van der Waals surface area contributed by atoms with Crippen LogP contribution in [0, 0.1) is 6.07 Å². The van der Waals surface area contributed by atoms with Crippen LogP contribution in [0.2, 0.25) is 0 Å². The highest BCUT2D eigenvalue weighted by molar-refractivity contribution is 5.32. The maximum atomic E-state index is 5.40. The molecule has 59 valence electrons. The molecular formula is C10H13O. The predicted octanol–water partition coefficient (Wildman–Crippen LogP) is 2.45. The third kappa shape index (κ3) is 1.97. The maximum Gasteiger partial charge on any atom is 0.123 e. The molecule has 1 aromatic carbocycles. The van der Waals surface area contributed by atoms with Crippen molar-refractivity contribution in [3.8, 4) is 5.75 Å². The Morgan fingerprint density at radius 1 is 1.45 bits per heavy atom. The summed E-state index contributed by atoms with van der Waals surface area (Å²) < 4.78 is 5.40. The predicted molar refractivity (Wildman–Crippen MR) is 45.8 cm³/mol. The van der Waals surface area contributed by atoms with E-state index in [9.17, 15) is 0 Å². The van der Waals surface area contributed by atoms with Gasteiger partial charge in [0.25, 0.3) is 0 Å². The van der Waals surface area contributed by atoms with Crippen molar-refractivity contribution < 1.29 is 4.74 Å². The summed E-state index contributed by atoms with van der Waals surface area (Å²) in [5, 5.41) is 0. The quantitative estimate of drug-likeness (QED) is 0.641. The lowest BCUT2D eigenvalue weighted by molar-refractivity contribution is 0.336. The van der Waals surface area contributed by atoms with Crippen LogP contribution in [0.25, 0.3) is 0 Å². The van der Waals surface area contributed by atoms with Crippen LogP contribution in [0.3, 0.4) is 0 Å². The first kappa shape index (κ1) is 8.12. The lowest BCUT2D eigenvalue weighted by Gasteiger charge is -2.06. The molecule has 0 saturated carbocycles. The van der Waals surface area contributed by atoms with Gasteiger partial charge in [-0.25, -0.2) is 0 Å². The Hall–Kier alpha value is -0.980. The van der Waals surface area contributed by atoms with E-state index >= 15 is 0 Å². The van der Waals surface area contributed by atoms with E-state index in [4.69, 9.17) is 4.74 Å². The molecular weight excluding hydrogens is 136 g/mol. The molecule has 0 unspecified atom stereocenters. The highest BCUT2D eigenvalue weighted by Gasteiger charge is 1.97. The average molecular weight is 149 g/mol. The Kier molecular flexibility index (Phi) is 2.96. The number of aryl methyl sites for hydroxylation is 1. The van der Waals surface area contributed by atoms with Gasteiger partial charge in [-0.05, 0) is 25.5 Å². The zero-order chi connectivity index (χ0) is 8.10. The summed E-state index contributed by atoms with van der Waals surface area (Å²) in [7, 11) is 0. The minimum atomic E-state index is 0.727. The third-order valence-electron chi connectivity index (χ3n) is 1.55. The highest BCUT2D eigenvalue weighted by Crippen LogP contribution is 2.17. The van der Waals surface area contributed by atoms with Crippen LogP contribution in [-0.4, -0.2) is 6.61 Å². The fourth-order valence-corrected chi connectivity index (χ4v) is 1.02. The monoisotopic (exact) mass is 149 g/mol. The molecule has 0 fully saturated rings. The Bertz CT molecular complexity index is 218. The second-order valence-corrected chi connectivity index (χ2v) is 2.30. The second kappa shape index (κ2) is 4.02. The summed E-state index contributed by atoms with van der Waals surface area (Å²) in [5.74, 6) is 0.970. The first-order valence-electron chi connectivity index (χ1n) is 4.00. The van der Waals surface area contributed by atoms with Crippen LogP contribution in [0.15, 0.2) is 18.2 Å². The van der Waals surface area contributed by atoms with Gasteiger partial charge >= 0.3 is 0 Å². The summed E-state index contributed by atoms with van der Waals surface area (Å²) in [6, 6.07) is 9.00. The van der Waals surface area contributed by atoms with Crippen molar-refractivity contribution in [1.82, 2.24) is 0 Å². The van der Waals surface area contributed by atoms with Gasteiger partial charge in [0, 0.05) is 5.56 Å². The fourth-order valence-electron chi connectivity index (χ4n) is 1.02. The van der Waals surface area contributed by atoms with Crippen LogP contribution >= 0.6 is 0 Å². The van der Waals surface area contributed by atoms with E-state index in [0.717, 1.165) is 24.3 Å². The molecule has 1 rings (SSSR count). The normalized spacial score (nSPS) is 9.64. The molecule has 0 aromatic heterocycles. The summed E-state index contributed by atoms with van der Waals surface area (Å²) in [5.41, 5.74) is 1.16. The smallest absolute Gasteiger partial charge is 0.123 e. The molecule has 1 aromatic rings. The van der Waals surface area contributed by atoms with Crippen molar-refractivity contribution in [1.29, 1.82) is 0 Å². The number of hydrogen-bond donors (Lipinski definition) is 0. The number of ether oxygens (including phenoxy) is 1. The van der Waals surface area contributed by atoms with Gasteiger partial charge in [0.2, 0.25) is 0 Å². The zero-order valence-electron chi connectivity index (χ0n) is 7.05. The molecule has 0 aliphatic carbocycles. The van der Waals surface area contributed by atoms with E-state index in [-0.39, 0.29) is 0 Å².